The predicted octanol–water partition coefficient (Wildman–Crippen LogP) is 2.20. The fourth-order valence-electron chi connectivity index (χ4n) is 3.23. The van der Waals surface area contributed by atoms with Gasteiger partial charge in [-0.05, 0) is 26.0 Å². The molecule has 0 radical (unpaired) electrons. The molecule has 5 nitrogen and oxygen atoms in total. The largest absolute Gasteiger partial charge is 0.392 e. The number of β-amino-alcohol motifs (C(OH)–C–C–N with tert-alkyl or cyclic N) is 1. The summed E-state index contributed by atoms with van der Waals surface area (Å²) in [4.78, 5) is 21.5. The SMILES string of the molecule is Cc1nc(-c2ccccc2)ccc1C(=O)N1CCN(C[C@H](C)O)CC1. The summed E-state index contributed by atoms with van der Waals surface area (Å²) in [6, 6.07) is 13.8. The van der Waals surface area contributed by atoms with Gasteiger partial charge in [0.05, 0.1) is 23.1 Å². The van der Waals surface area contributed by atoms with Crippen LogP contribution in [0.4, 0.5) is 0 Å². The molecular formula is C20H25N3O2. The molecule has 0 bridgehead atoms. The molecule has 5 heteroatoms. The van der Waals surface area contributed by atoms with Crippen LogP contribution in [0.5, 0.6) is 0 Å². The summed E-state index contributed by atoms with van der Waals surface area (Å²) in [5.41, 5.74) is 3.37. The number of nitrogens with zero attached hydrogens (tertiary/aromatic N) is 3. The Morgan fingerprint density at radius 3 is 2.40 bits per heavy atom. The number of aliphatic hydroxyl groups is 1. The average Bonchev–Trinajstić information content (AvgIpc) is 2.62. The zero-order valence-electron chi connectivity index (χ0n) is 14.9. The highest BCUT2D eigenvalue weighted by atomic mass is 16.3. The summed E-state index contributed by atoms with van der Waals surface area (Å²) in [5.74, 6) is 0.0429. The van der Waals surface area contributed by atoms with Crippen molar-refractivity contribution in [3.8, 4) is 11.3 Å². The molecule has 1 aliphatic heterocycles. The van der Waals surface area contributed by atoms with Crippen LogP contribution in [0, 0.1) is 6.92 Å². The summed E-state index contributed by atoms with van der Waals surface area (Å²) in [7, 11) is 0. The number of carbonyl (C=O) groups is 1. The smallest absolute Gasteiger partial charge is 0.255 e. The summed E-state index contributed by atoms with van der Waals surface area (Å²) in [6.45, 7) is 7.31. The zero-order valence-corrected chi connectivity index (χ0v) is 14.9. The average molecular weight is 339 g/mol. The highest BCUT2D eigenvalue weighted by Gasteiger charge is 2.24. The standard InChI is InChI=1S/C20H25N3O2/c1-15(24)14-22-10-12-23(13-11-22)20(25)18-8-9-19(21-16(18)2)17-6-4-3-5-7-17/h3-9,15,24H,10-14H2,1-2H3/t15-/m0/s1. The summed E-state index contributed by atoms with van der Waals surface area (Å²) < 4.78 is 0. The highest BCUT2D eigenvalue weighted by Crippen LogP contribution is 2.20. The second kappa shape index (κ2) is 7.76. The molecule has 1 amide bonds. The lowest BCUT2D eigenvalue weighted by Crippen LogP contribution is -2.50. The normalized spacial score (nSPS) is 16.7. The van der Waals surface area contributed by atoms with E-state index in [-0.39, 0.29) is 12.0 Å². The molecule has 2 heterocycles. The maximum absolute atomic E-state index is 12.8. The Hall–Kier alpha value is -2.24. The van der Waals surface area contributed by atoms with Crippen LogP contribution in [-0.4, -0.2) is 64.6 Å². The van der Waals surface area contributed by atoms with E-state index in [0.717, 1.165) is 30.0 Å². The predicted molar refractivity (Wildman–Crippen MR) is 98.4 cm³/mol. The van der Waals surface area contributed by atoms with E-state index >= 15 is 0 Å². The van der Waals surface area contributed by atoms with Gasteiger partial charge in [0.2, 0.25) is 0 Å². The van der Waals surface area contributed by atoms with Crippen LogP contribution in [0.25, 0.3) is 11.3 Å². The van der Waals surface area contributed by atoms with E-state index in [2.05, 4.69) is 9.88 Å². The Labute approximate surface area is 148 Å². The number of aryl methyl sites for hydroxylation is 1. The Morgan fingerprint density at radius 1 is 1.12 bits per heavy atom. The van der Waals surface area contributed by atoms with Gasteiger partial charge >= 0.3 is 0 Å². The van der Waals surface area contributed by atoms with Crippen molar-refractivity contribution < 1.29 is 9.90 Å². The molecule has 2 aromatic rings. The Bertz CT molecular complexity index is 723. The Morgan fingerprint density at radius 2 is 1.80 bits per heavy atom. The molecule has 1 aliphatic rings. The number of pyridine rings is 1. The van der Waals surface area contributed by atoms with Crippen LogP contribution >= 0.6 is 0 Å². The monoisotopic (exact) mass is 339 g/mol. The van der Waals surface area contributed by atoms with E-state index in [4.69, 9.17) is 0 Å². The maximum Gasteiger partial charge on any atom is 0.255 e. The van der Waals surface area contributed by atoms with Gasteiger partial charge in [-0.2, -0.15) is 0 Å². The first-order valence-electron chi connectivity index (χ1n) is 8.77. The number of piperazine rings is 1. The number of aromatic nitrogens is 1. The molecule has 1 atom stereocenters. The van der Waals surface area contributed by atoms with Crippen molar-refractivity contribution in [2.75, 3.05) is 32.7 Å². The number of aliphatic hydroxyl groups excluding tert-OH is 1. The van der Waals surface area contributed by atoms with Crippen molar-refractivity contribution >= 4 is 5.91 Å². The maximum atomic E-state index is 12.8. The topological polar surface area (TPSA) is 56.7 Å². The fraction of sp³-hybridized carbons (Fsp3) is 0.400. The van der Waals surface area contributed by atoms with E-state index in [1.54, 1.807) is 6.92 Å². The minimum atomic E-state index is -0.334. The van der Waals surface area contributed by atoms with E-state index in [0.29, 0.717) is 25.2 Å². The number of hydrogen-bond acceptors (Lipinski definition) is 4. The Kier molecular flexibility index (Phi) is 5.46. The van der Waals surface area contributed by atoms with Crippen LogP contribution in [0.2, 0.25) is 0 Å². The van der Waals surface area contributed by atoms with Crippen molar-refractivity contribution in [1.29, 1.82) is 0 Å². The number of benzene rings is 1. The van der Waals surface area contributed by atoms with Crippen LogP contribution in [0.1, 0.15) is 23.0 Å². The summed E-state index contributed by atoms with van der Waals surface area (Å²) >= 11 is 0. The second-order valence-electron chi connectivity index (χ2n) is 6.64. The number of hydrogen-bond donors (Lipinski definition) is 1. The van der Waals surface area contributed by atoms with Gasteiger partial charge in [-0.15, -0.1) is 0 Å². The fourth-order valence-corrected chi connectivity index (χ4v) is 3.23. The third-order valence-electron chi connectivity index (χ3n) is 4.57. The van der Waals surface area contributed by atoms with Gasteiger partial charge in [-0.1, -0.05) is 30.3 Å². The molecule has 0 spiro atoms. The Balaban J connectivity index is 1.69. The minimum absolute atomic E-state index is 0.0429. The molecule has 132 valence electrons. The first kappa shape index (κ1) is 17.6. The van der Waals surface area contributed by atoms with E-state index in [9.17, 15) is 9.90 Å². The van der Waals surface area contributed by atoms with Crippen LogP contribution in [-0.2, 0) is 0 Å². The minimum Gasteiger partial charge on any atom is -0.392 e. The number of carbonyl (C=O) groups excluding carboxylic acids is 1. The highest BCUT2D eigenvalue weighted by molar-refractivity contribution is 5.95. The van der Waals surface area contributed by atoms with Gasteiger partial charge in [0.15, 0.2) is 0 Å². The van der Waals surface area contributed by atoms with E-state index < -0.39 is 0 Å². The molecule has 0 aliphatic carbocycles. The zero-order chi connectivity index (χ0) is 17.8. The lowest BCUT2D eigenvalue weighted by molar-refractivity contribution is 0.0553. The van der Waals surface area contributed by atoms with Gasteiger partial charge in [-0.3, -0.25) is 14.7 Å². The molecule has 1 aromatic carbocycles. The molecule has 3 rings (SSSR count). The van der Waals surface area contributed by atoms with Crippen LogP contribution < -0.4 is 0 Å². The lowest BCUT2D eigenvalue weighted by Gasteiger charge is -2.35. The third kappa shape index (κ3) is 4.24. The van der Waals surface area contributed by atoms with Gasteiger partial charge in [0.25, 0.3) is 5.91 Å². The summed E-state index contributed by atoms with van der Waals surface area (Å²) in [5, 5.41) is 9.48. The first-order chi connectivity index (χ1) is 12.0. The van der Waals surface area contributed by atoms with Gasteiger partial charge in [-0.25, -0.2) is 0 Å². The van der Waals surface area contributed by atoms with Crippen molar-refractivity contribution in [2.45, 2.75) is 20.0 Å². The molecule has 1 saturated heterocycles. The van der Waals surface area contributed by atoms with Crippen molar-refractivity contribution in [3.05, 3.63) is 53.7 Å². The quantitative estimate of drug-likeness (QED) is 0.928. The molecule has 1 aromatic heterocycles. The van der Waals surface area contributed by atoms with Crippen molar-refractivity contribution in [1.82, 2.24) is 14.8 Å². The molecule has 0 saturated carbocycles. The molecule has 1 N–H and O–H groups in total. The summed E-state index contributed by atoms with van der Waals surface area (Å²) in [6.07, 6.45) is -0.334. The van der Waals surface area contributed by atoms with Crippen molar-refractivity contribution in [3.63, 3.8) is 0 Å². The first-order valence-corrected chi connectivity index (χ1v) is 8.77. The second-order valence-corrected chi connectivity index (χ2v) is 6.64. The van der Waals surface area contributed by atoms with E-state index in [1.165, 1.54) is 0 Å². The van der Waals surface area contributed by atoms with Crippen LogP contribution in [0.15, 0.2) is 42.5 Å². The molecular weight excluding hydrogens is 314 g/mol. The molecule has 1 fully saturated rings. The van der Waals surface area contributed by atoms with Crippen molar-refractivity contribution in [2.24, 2.45) is 0 Å². The van der Waals surface area contributed by atoms with E-state index in [1.807, 2.05) is 54.3 Å². The van der Waals surface area contributed by atoms with Gasteiger partial charge in [0.1, 0.15) is 0 Å². The molecule has 0 unspecified atom stereocenters. The lowest BCUT2D eigenvalue weighted by atomic mass is 10.1. The van der Waals surface area contributed by atoms with Crippen LogP contribution in [0.3, 0.4) is 0 Å². The number of amides is 1. The molecule has 25 heavy (non-hydrogen) atoms. The number of rotatable bonds is 4. The third-order valence-corrected chi connectivity index (χ3v) is 4.57. The van der Waals surface area contributed by atoms with Gasteiger partial charge in [0, 0.05) is 38.3 Å². The van der Waals surface area contributed by atoms with Gasteiger partial charge < -0.3 is 10.0 Å².